The minimum absolute atomic E-state index is 0.317. The number of rotatable bonds is 2. The highest BCUT2D eigenvalue weighted by Gasteiger charge is 2.17. The topological polar surface area (TPSA) is 39.2 Å². The highest BCUT2D eigenvalue weighted by molar-refractivity contribution is 7.17. The summed E-state index contributed by atoms with van der Waals surface area (Å²) in [5, 5.41) is 0.630. The highest BCUT2D eigenvalue weighted by Crippen LogP contribution is 2.30. The number of carbonyl (C=O) groups is 1. The van der Waals surface area contributed by atoms with Crippen LogP contribution in [-0.2, 0) is 4.74 Å². The molecular formula is C13H12FNO2S. The van der Waals surface area contributed by atoms with Crippen molar-refractivity contribution in [1.82, 2.24) is 4.98 Å². The molecule has 94 valence electrons. The van der Waals surface area contributed by atoms with Crippen molar-refractivity contribution in [3.8, 4) is 10.6 Å². The Hall–Kier alpha value is -1.75. The van der Waals surface area contributed by atoms with Crippen LogP contribution in [0, 0.1) is 19.7 Å². The molecule has 0 unspecified atom stereocenters. The third-order valence-corrected chi connectivity index (χ3v) is 3.77. The van der Waals surface area contributed by atoms with Gasteiger partial charge in [0.25, 0.3) is 0 Å². The van der Waals surface area contributed by atoms with Gasteiger partial charge in [0.15, 0.2) is 0 Å². The number of aromatic nitrogens is 1. The van der Waals surface area contributed by atoms with Gasteiger partial charge in [0.2, 0.25) is 0 Å². The van der Waals surface area contributed by atoms with Crippen molar-refractivity contribution < 1.29 is 13.9 Å². The molecule has 0 aliphatic heterocycles. The Balaban J connectivity index is 2.52. The summed E-state index contributed by atoms with van der Waals surface area (Å²) in [4.78, 5) is 16.3. The fraction of sp³-hybridized carbons (Fsp3) is 0.231. The van der Waals surface area contributed by atoms with Gasteiger partial charge in [-0.3, -0.25) is 0 Å². The van der Waals surface area contributed by atoms with Crippen molar-refractivity contribution in [1.29, 1.82) is 0 Å². The van der Waals surface area contributed by atoms with E-state index in [-0.39, 0.29) is 5.82 Å². The molecule has 0 saturated heterocycles. The molecule has 0 aliphatic rings. The number of carbonyl (C=O) groups excluding carboxylic acids is 1. The first-order valence-electron chi connectivity index (χ1n) is 5.35. The Labute approximate surface area is 108 Å². The van der Waals surface area contributed by atoms with Crippen LogP contribution in [0.15, 0.2) is 18.2 Å². The quantitative estimate of drug-likeness (QED) is 0.782. The number of ether oxygens (including phenoxy) is 1. The van der Waals surface area contributed by atoms with Gasteiger partial charge in [0, 0.05) is 5.56 Å². The summed E-state index contributed by atoms with van der Waals surface area (Å²) in [6.07, 6.45) is 0. The SMILES string of the molecule is COC(=O)c1sc(-c2cc(F)ccc2C)nc1C. The largest absolute Gasteiger partial charge is 0.465 e. The molecule has 2 rings (SSSR count). The van der Waals surface area contributed by atoms with Crippen molar-refractivity contribution in [3.63, 3.8) is 0 Å². The van der Waals surface area contributed by atoms with Crippen LogP contribution in [0.2, 0.25) is 0 Å². The van der Waals surface area contributed by atoms with Crippen LogP contribution in [-0.4, -0.2) is 18.1 Å². The standard InChI is InChI=1S/C13H12FNO2S/c1-7-4-5-9(14)6-10(7)12-15-8(2)11(18-12)13(16)17-3/h4-6H,1-3H3. The van der Waals surface area contributed by atoms with Gasteiger partial charge in [-0.05, 0) is 31.5 Å². The fourth-order valence-corrected chi connectivity index (χ4v) is 2.68. The molecule has 0 fully saturated rings. The zero-order valence-electron chi connectivity index (χ0n) is 10.3. The van der Waals surface area contributed by atoms with Gasteiger partial charge in [-0.15, -0.1) is 11.3 Å². The Morgan fingerprint density at radius 2 is 2.11 bits per heavy atom. The first-order chi connectivity index (χ1) is 8.52. The predicted molar refractivity (Wildman–Crippen MR) is 68.3 cm³/mol. The van der Waals surface area contributed by atoms with Crippen molar-refractivity contribution in [3.05, 3.63) is 40.2 Å². The number of thiazole rings is 1. The van der Waals surface area contributed by atoms with E-state index in [1.807, 2.05) is 6.92 Å². The molecule has 0 atom stereocenters. The van der Waals surface area contributed by atoms with Gasteiger partial charge in [-0.25, -0.2) is 14.2 Å². The molecule has 0 saturated carbocycles. The molecule has 0 radical (unpaired) electrons. The second kappa shape index (κ2) is 4.86. The van der Waals surface area contributed by atoms with Crippen molar-refractivity contribution >= 4 is 17.3 Å². The van der Waals surface area contributed by atoms with Gasteiger partial charge in [-0.2, -0.15) is 0 Å². The van der Waals surface area contributed by atoms with Crippen LogP contribution >= 0.6 is 11.3 Å². The van der Waals surface area contributed by atoms with E-state index >= 15 is 0 Å². The van der Waals surface area contributed by atoms with E-state index in [1.54, 1.807) is 13.0 Å². The third-order valence-electron chi connectivity index (χ3n) is 2.60. The molecule has 0 spiro atoms. The first-order valence-corrected chi connectivity index (χ1v) is 6.17. The molecule has 1 aromatic heterocycles. The minimum Gasteiger partial charge on any atom is -0.465 e. The predicted octanol–water partition coefficient (Wildman–Crippen LogP) is 3.35. The molecular weight excluding hydrogens is 253 g/mol. The molecule has 1 heterocycles. The molecule has 0 aliphatic carbocycles. The van der Waals surface area contributed by atoms with E-state index in [1.165, 1.54) is 30.6 Å². The smallest absolute Gasteiger partial charge is 0.349 e. The summed E-state index contributed by atoms with van der Waals surface area (Å²) < 4.78 is 17.9. The maximum Gasteiger partial charge on any atom is 0.349 e. The maximum absolute atomic E-state index is 13.3. The van der Waals surface area contributed by atoms with Gasteiger partial charge < -0.3 is 4.74 Å². The number of nitrogens with zero attached hydrogens (tertiary/aromatic N) is 1. The lowest BCUT2D eigenvalue weighted by molar-refractivity contribution is 0.0605. The first kappa shape index (κ1) is 12.7. The number of benzene rings is 1. The number of methoxy groups -OCH3 is 1. The summed E-state index contributed by atoms with van der Waals surface area (Å²) in [5.41, 5.74) is 2.23. The van der Waals surface area contributed by atoms with Crippen molar-refractivity contribution in [2.75, 3.05) is 7.11 Å². The average Bonchev–Trinajstić information content (AvgIpc) is 2.73. The lowest BCUT2D eigenvalue weighted by Crippen LogP contribution is -1.99. The summed E-state index contributed by atoms with van der Waals surface area (Å²) >= 11 is 1.22. The van der Waals surface area contributed by atoms with E-state index in [9.17, 15) is 9.18 Å². The van der Waals surface area contributed by atoms with Crippen LogP contribution in [0.4, 0.5) is 4.39 Å². The van der Waals surface area contributed by atoms with Crippen LogP contribution in [0.25, 0.3) is 10.6 Å². The fourth-order valence-electron chi connectivity index (χ4n) is 1.62. The second-order valence-electron chi connectivity index (χ2n) is 3.88. The molecule has 5 heteroatoms. The molecule has 3 nitrogen and oxygen atoms in total. The highest BCUT2D eigenvalue weighted by atomic mass is 32.1. The van der Waals surface area contributed by atoms with Crippen LogP contribution in [0.3, 0.4) is 0 Å². The van der Waals surface area contributed by atoms with E-state index in [0.717, 1.165) is 5.56 Å². The summed E-state index contributed by atoms with van der Waals surface area (Å²) in [6.45, 7) is 3.62. The van der Waals surface area contributed by atoms with Gasteiger partial charge in [-0.1, -0.05) is 6.07 Å². The number of esters is 1. The molecule has 0 amide bonds. The van der Waals surface area contributed by atoms with Gasteiger partial charge in [0.05, 0.1) is 12.8 Å². The monoisotopic (exact) mass is 265 g/mol. The Morgan fingerprint density at radius 3 is 2.78 bits per heavy atom. The molecule has 0 bridgehead atoms. The average molecular weight is 265 g/mol. The zero-order valence-corrected chi connectivity index (χ0v) is 11.1. The summed E-state index contributed by atoms with van der Waals surface area (Å²) in [7, 11) is 1.33. The van der Waals surface area contributed by atoms with Gasteiger partial charge in [0.1, 0.15) is 15.7 Å². The normalized spacial score (nSPS) is 10.4. The minimum atomic E-state index is -0.412. The Morgan fingerprint density at radius 1 is 1.39 bits per heavy atom. The number of aryl methyl sites for hydroxylation is 2. The lowest BCUT2D eigenvalue weighted by Gasteiger charge is -2.01. The second-order valence-corrected chi connectivity index (χ2v) is 4.88. The zero-order chi connectivity index (χ0) is 13.3. The van der Waals surface area contributed by atoms with Crippen LogP contribution < -0.4 is 0 Å². The number of halogens is 1. The van der Waals surface area contributed by atoms with Gasteiger partial charge >= 0.3 is 5.97 Å². The number of hydrogen-bond acceptors (Lipinski definition) is 4. The van der Waals surface area contributed by atoms with Crippen molar-refractivity contribution in [2.45, 2.75) is 13.8 Å². The van der Waals surface area contributed by atoms with E-state index in [2.05, 4.69) is 9.72 Å². The lowest BCUT2D eigenvalue weighted by atomic mass is 10.1. The Bertz CT molecular complexity index is 607. The van der Waals surface area contributed by atoms with Crippen LogP contribution in [0.5, 0.6) is 0 Å². The third kappa shape index (κ3) is 2.26. The molecule has 2 aromatic rings. The van der Waals surface area contributed by atoms with E-state index < -0.39 is 5.97 Å². The molecule has 0 N–H and O–H groups in total. The summed E-state index contributed by atoms with van der Waals surface area (Å²) in [6, 6.07) is 4.52. The molecule has 1 aromatic carbocycles. The number of hydrogen-bond donors (Lipinski definition) is 0. The Kier molecular flexibility index (Phi) is 3.43. The molecule has 18 heavy (non-hydrogen) atoms. The van der Waals surface area contributed by atoms with E-state index in [0.29, 0.717) is 21.1 Å². The van der Waals surface area contributed by atoms with E-state index in [4.69, 9.17) is 0 Å². The van der Waals surface area contributed by atoms with Crippen molar-refractivity contribution in [2.24, 2.45) is 0 Å². The maximum atomic E-state index is 13.3. The van der Waals surface area contributed by atoms with Crippen LogP contribution in [0.1, 0.15) is 20.9 Å². The summed E-state index contributed by atoms with van der Waals surface area (Å²) in [5.74, 6) is -0.728.